The summed E-state index contributed by atoms with van der Waals surface area (Å²) in [6.45, 7) is 2.59. The zero-order chi connectivity index (χ0) is 11.3. The molecule has 0 radical (unpaired) electrons. The zero-order valence-corrected chi connectivity index (χ0v) is 9.14. The molecule has 0 saturated heterocycles. The lowest BCUT2D eigenvalue weighted by Gasteiger charge is -2.22. The van der Waals surface area contributed by atoms with Gasteiger partial charge in [-0.2, -0.15) is 5.26 Å². The number of benzene rings is 1. The Balaban J connectivity index is 2.82. The minimum Gasteiger partial charge on any atom is -0.392 e. The van der Waals surface area contributed by atoms with E-state index in [0.717, 1.165) is 11.3 Å². The highest BCUT2D eigenvalue weighted by Crippen LogP contribution is 2.19. The van der Waals surface area contributed by atoms with Crippen LogP contribution in [0.4, 0.5) is 5.69 Å². The average molecular weight is 204 g/mol. The molecule has 0 heterocycles. The van der Waals surface area contributed by atoms with Crippen molar-refractivity contribution in [2.24, 2.45) is 5.92 Å². The summed E-state index contributed by atoms with van der Waals surface area (Å²) in [6.07, 6.45) is 0. The fraction of sp³-hybridized carbons (Fsp3) is 0.417. The van der Waals surface area contributed by atoms with E-state index < -0.39 is 0 Å². The fourth-order valence-corrected chi connectivity index (χ4v) is 1.57. The molecule has 0 aliphatic heterocycles. The van der Waals surface area contributed by atoms with Crippen molar-refractivity contribution in [3.8, 4) is 6.07 Å². The van der Waals surface area contributed by atoms with Crippen LogP contribution in [0.2, 0.25) is 0 Å². The number of nitrogens with zero attached hydrogens (tertiary/aromatic N) is 2. The van der Waals surface area contributed by atoms with Crippen molar-refractivity contribution in [3.63, 3.8) is 0 Å². The molecule has 0 bridgehead atoms. The second-order valence-corrected chi connectivity index (χ2v) is 3.70. The maximum Gasteiger partial charge on any atom is 0.0702 e. The summed E-state index contributed by atoms with van der Waals surface area (Å²) in [5.74, 6) is -0.0123. The van der Waals surface area contributed by atoms with Crippen molar-refractivity contribution < 1.29 is 5.11 Å². The summed E-state index contributed by atoms with van der Waals surface area (Å²) in [4.78, 5) is 2.00. The third kappa shape index (κ3) is 2.97. The number of anilines is 1. The van der Waals surface area contributed by atoms with Crippen molar-refractivity contribution in [1.29, 1.82) is 5.26 Å². The minimum atomic E-state index is -0.0123. The summed E-state index contributed by atoms with van der Waals surface area (Å²) in [5, 5.41) is 17.9. The maximum absolute atomic E-state index is 9.17. The van der Waals surface area contributed by atoms with Gasteiger partial charge in [-0.3, -0.25) is 0 Å². The first kappa shape index (κ1) is 11.5. The van der Waals surface area contributed by atoms with Crippen LogP contribution >= 0.6 is 0 Å². The number of aliphatic hydroxyl groups is 1. The Hall–Kier alpha value is -1.53. The smallest absolute Gasteiger partial charge is 0.0702 e. The Bertz CT molecular complexity index is 357. The first-order valence-corrected chi connectivity index (χ1v) is 4.98. The van der Waals surface area contributed by atoms with Gasteiger partial charge in [0.1, 0.15) is 0 Å². The molecule has 0 spiro atoms. The molecule has 0 fully saturated rings. The van der Waals surface area contributed by atoms with Gasteiger partial charge < -0.3 is 10.0 Å². The van der Waals surface area contributed by atoms with E-state index in [0.29, 0.717) is 6.54 Å². The Kier molecular flexibility index (Phi) is 4.14. The third-order valence-corrected chi connectivity index (χ3v) is 2.34. The Labute approximate surface area is 90.6 Å². The first-order valence-electron chi connectivity index (χ1n) is 4.98. The van der Waals surface area contributed by atoms with Gasteiger partial charge in [-0.1, -0.05) is 18.2 Å². The van der Waals surface area contributed by atoms with Crippen LogP contribution in [-0.2, 0) is 6.61 Å². The van der Waals surface area contributed by atoms with Crippen LogP contribution in [-0.4, -0.2) is 18.7 Å². The van der Waals surface area contributed by atoms with Gasteiger partial charge in [-0.25, -0.2) is 0 Å². The lowest BCUT2D eigenvalue weighted by molar-refractivity contribution is 0.282. The normalized spacial score (nSPS) is 11.9. The molecule has 0 saturated carbocycles. The predicted molar refractivity (Wildman–Crippen MR) is 60.4 cm³/mol. The van der Waals surface area contributed by atoms with Crippen molar-refractivity contribution in [1.82, 2.24) is 0 Å². The van der Waals surface area contributed by atoms with Crippen LogP contribution in [0.3, 0.4) is 0 Å². The minimum absolute atomic E-state index is 0.0123. The van der Waals surface area contributed by atoms with Crippen molar-refractivity contribution >= 4 is 5.69 Å². The van der Waals surface area contributed by atoms with E-state index in [1.54, 1.807) is 0 Å². The van der Waals surface area contributed by atoms with Gasteiger partial charge in [0.15, 0.2) is 0 Å². The molecule has 0 aromatic heterocycles. The van der Waals surface area contributed by atoms with E-state index in [-0.39, 0.29) is 12.5 Å². The molecular weight excluding hydrogens is 188 g/mol. The molecule has 0 amide bonds. The maximum atomic E-state index is 9.17. The monoisotopic (exact) mass is 204 g/mol. The van der Waals surface area contributed by atoms with E-state index in [1.807, 2.05) is 43.1 Å². The highest BCUT2D eigenvalue weighted by atomic mass is 16.3. The molecule has 1 N–H and O–H groups in total. The molecule has 15 heavy (non-hydrogen) atoms. The lowest BCUT2D eigenvalue weighted by atomic mass is 10.1. The molecule has 1 aromatic carbocycles. The summed E-state index contributed by atoms with van der Waals surface area (Å²) in [7, 11) is 1.93. The SMILES string of the molecule is CC(C#N)CN(C)c1ccccc1CO. The molecule has 3 heteroatoms. The van der Waals surface area contributed by atoms with Crippen LogP contribution in [0.15, 0.2) is 24.3 Å². The molecule has 1 atom stereocenters. The van der Waals surface area contributed by atoms with Gasteiger partial charge in [0.25, 0.3) is 0 Å². The Morgan fingerprint density at radius 2 is 2.13 bits per heavy atom. The standard InChI is InChI=1S/C12H16N2O/c1-10(7-13)8-14(2)12-6-4-3-5-11(12)9-15/h3-6,10,15H,8-9H2,1-2H3. The van der Waals surface area contributed by atoms with Crippen molar-refractivity contribution in [2.75, 3.05) is 18.5 Å². The molecule has 80 valence electrons. The molecular formula is C12H16N2O. The molecule has 1 unspecified atom stereocenters. The van der Waals surface area contributed by atoms with Gasteiger partial charge in [0.05, 0.1) is 18.6 Å². The van der Waals surface area contributed by atoms with Gasteiger partial charge in [-0.15, -0.1) is 0 Å². The first-order chi connectivity index (χ1) is 7.19. The number of nitriles is 1. The quantitative estimate of drug-likeness (QED) is 0.813. The van der Waals surface area contributed by atoms with E-state index in [9.17, 15) is 0 Å². The summed E-state index contributed by atoms with van der Waals surface area (Å²) in [5.41, 5.74) is 1.88. The van der Waals surface area contributed by atoms with Crippen molar-refractivity contribution in [2.45, 2.75) is 13.5 Å². The third-order valence-electron chi connectivity index (χ3n) is 2.34. The van der Waals surface area contributed by atoms with Crippen LogP contribution in [0, 0.1) is 17.2 Å². The Morgan fingerprint density at radius 3 is 2.73 bits per heavy atom. The highest BCUT2D eigenvalue weighted by molar-refractivity contribution is 5.52. The predicted octanol–water partition coefficient (Wildman–Crippen LogP) is 1.77. The molecule has 0 aliphatic carbocycles. The van der Waals surface area contributed by atoms with E-state index >= 15 is 0 Å². The molecule has 1 rings (SSSR count). The van der Waals surface area contributed by atoms with Gasteiger partial charge >= 0.3 is 0 Å². The lowest BCUT2D eigenvalue weighted by Crippen LogP contribution is -2.24. The van der Waals surface area contributed by atoms with Crippen LogP contribution < -0.4 is 4.90 Å². The van der Waals surface area contributed by atoms with Crippen LogP contribution in [0.5, 0.6) is 0 Å². The molecule has 0 aliphatic rings. The van der Waals surface area contributed by atoms with Crippen LogP contribution in [0.25, 0.3) is 0 Å². The number of aliphatic hydroxyl groups excluding tert-OH is 1. The number of para-hydroxylation sites is 1. The summed E-state index contributed by atoms with van der Waals surface area (Å²) in [6, 6.07) is 9.88. The Morgan fingerprint density at radius 1 is 1.47 bits per heavy atom. The van der Waals surface area contributed by atoms with Crippen molar-refractivity contribution in [3.05, 3.63) is 29.8 Å². The second-order valence-electron chi connectivity index (χ2n) is 3.70. The van der Waals surface area contributed by atoms with E-state index in [4.69, 9.17) is 10.4 Å². The topological polar surface area (TPSA) is 47.3 Å². The number of hydrogen-bond donors (Lipinski definition) is 1. The number of hydrogen-bond acceptors (Lipinski definition) is 3. The van der Waals surface area contributed by atoms with E-state index in [1.165, 1.54) is 0 Å². The van der Waals surface area contributed by atoms with Gasteiger partial charge in [0.2, 0.25) is 0 Å². The van der Waals surface area contributed by atoms with Gasteiger partial charge in [0, 0.05) is 24.8 Å². The highest BCUT2D eigenvalue weighted by Gasteiger charge is 2.09. The molecule has 1 aromatic rings. The van der Waals surface area contributed by atoms with Gasteiger partial charge in [-0.05, 0) is 13.0 Å². The van der Waals surface area contributed by atoms with Crippen LogP contribution in [0.1, 0.15) is 12.5 Å². The summed E-state index contributed by atoms with van der Waals surface area (Å²) >= 11 is 0. The zero-order valence-electron chi connectivity index (χ0n) is 9.14. The average Bonchev–Trinajstić information content (AvgIpc) is 2.28. The largest absolute Gasteiger partial charge is 0.392 e. The molecule has 3 nitrogen and oxygen atoms in total. The fourth-order valence-electron chi connectivity index (χ4n) is 1.57. The van der Waals surface area contributed by atoms with E-state index in [2.05, 4.69) is 6.07 Å². The number of rotatable bonds is 4. The second kappa shape index (κ2) is 5.38. The summed E-state index contributed by atoms with van der Waals surface area (Å²) < 4.78 is 0.